The third-order valence-corrected chi connectivity index (χ3v) is 2.87. The third-order valence-electron chi connectivity index (χ3n) is 1.82. The lowest BCUT2D eigenvalue weighted by Crippen LogP contribution is -2.21. The number of benzene rings is 1. The highest BCUT2D eigenvalue weighted by Gasteiger charge is 2.11. The predicted molar refractivity (Wildman–Crippen MR) is 73.9 cm³/mol. The molecule has 0 saturated carbocycles. The second-order valence-electron chi connectivity index (χ2n) is 3.65. The molecule has 1 aromatic carbocycles. The Kier molecular flexibility index (Phi) is 5.73. The zero-order valence-electron chi connectivity index (χ0n) is 9.39. The van der Waals surface area contributed by atoms with Gasteiger partial charge in [-0.05, 0) is 26.0 Å². The molecule has 6 heteroatoms. The van der Waals surface area contributed by atoms with Crippen molar-refractivity contribution in [3.63, 3.8) is 0 Å². The Morgan fingerprint density at radius 2 is 1.94 bits per heavy atom. The molecule has 0 radical (unpaired) electrons. The molecule has 0 spiro atoms. The van der Waals surface area contributed by atoms with Crippen molar-refractivity contribution in [1.29, 1.82) is 0 Å². The number of carbonyl (C=O) groups excluding carboxylic acids is 1. The van der Waals surface area contributed by atoms with E-state index in [9.17, 15) is 4.79 Å². The Bertz CT molecular complexity index is 401. The first-order chi connectivity index (χ1) is 7.90. The lowest BCUT2D eigenvalue weighted by molar-refractivity contribution is -0.121. The van der Waals surface area contributed by atoms with Crippen molar-refractivity contribution in [3.05, 3.63) is 26.7 Å². The van der Waals surface area contributed by atoms with Gasteiger partial charge in [0.1, 0.15) is 6.61 Å². The summed E-state index contributed by atoms with van der Waals surface area (Å²) in [5.41, 5.74) is 0.397. The van der Waals surface area contributed by atoms with E-state index in [1.54, 1.807) is 12.1 Å². The average molecular weight is 341 g/mol. The average Bonchev–Trinajstić information content (AvgIpc) is 2.20. The van der Waals surface area contributed by atoms with Crippen LogP contribution in [-0.4, -0.2) is 18.6 Å². The second kappa shape index (κ2) is 6.59. The summed E-state index contributed by atoms with van der Waals surface area (Å²) in [6, 6.07) is 3.32. The highest BCUT2D eigenvalue weighted by atomic mass is 79.9. The topological polar surface area (TPSA) is 38.3 Å². The summed E-state index contributed by atoms with van der Waals surface area (Å²) in [4.78, 5) is 11.5. The number of hydrogen-bond acceptors (Lipinski definition) is 2. The first-order valence-corrected chi connectivity index (χ1v) is 6.51. The van der Waals surface area contributed by atoms with Gasteiger partial charge in [0.05, 0.1) is 21.8 Å². The zero-order chi connectivity index (χ0) is 13.0. The number of halogens is 3. The standard InChI is InChI=1S/C11H12BrCl2NO2/c1-6(2)17-5-10(16)15-11-8(13)3-7(12)4-9(11)14/h3-4,6H,5H2,1-2H3,(H,15,16). The molecule has 0 fully saturated rings. The van der Waals surface area contributed by atoms with Crippen molar-refractivity contribution in [1.82, 2.24) is 0 Å². The van der Waals surface area contributed by atoms with Crippen molar-refractivity contribution < 1.29 is 9.53 Å². The van der Waals surface area contributed by atoms with Crippen molar-refractivity contribution in [2.45, 2.75) is 20.0 Å². The summed E-state index contributed by atoms with van der Waals surface area (Å²) < 4.78 is 5.93. The molecular formula is C11H12BrCl2NO2. The van der Waals surface area contributed by atoms with Crippen molar-refractivity contribution in [2.24, 2.45) is 0 Å². The molecule has 0 bridgehead atoms. The summed E-state index contributed by atoms with van der Waals surface area (Å²) in [6.07, 6.45) is -0.00314. The van der Waals surface area contributed by atoms with Crippen LogP contribution in [0.1, 0.15) is 13.8 Å². The maximum absolute atomic E-state index is 11.5. The molecule has 0 unspecified atom stereocenters. The van der Waals surface area contributed by atoms with E-state index in [1.165, 1.54) is 0 Å². The molecule has 1 rings (SSSR count). The van der Waals surface area contributed by atoms with E-state index < -0.39 is 0 Å². The molecule has 0 aliphatic heterocycles. The minimum atomic E-state index is -0.287. The van der Waals surface area contributed by atoms with Gasteiger partial charge in [-0.1, -0.05) is 39.1 Å². The minimum Gasteiger partial charge on any atom is -0.369 e. The lowest BCUT2D eigenvalue weighted by atomic mass is 10.3. The van der Waals surface area contributed by atoms with Crippen LogP contribution in [0.2, 0.25) is 10.0 Å². The van der Waals surface area contributed by atoms with Crippen LogP contribution in [0.25, 0.3) is 0 Å². The molecular weight excluding hydrogens is 329 g/mol. The van der Waals surface area contributed by atoms with Gasteiger partial charge in [0.15, 0.2) is 0 Å². The van der Waals surface area contributed by atoms with Gasteiger partial charge < -0.3 is 10.1 Å². The summed E-state index contributed by atoms with van der Waals surface area (Å²) >= 11 is 15.2. The van der Waals surface area contributed by atoms with Crippen LogP contribution in [0.4, 0.5) is 5.69 Å². The largest absolute Gasteiger partial charge is 0.369 e. The summed E-state index contributed by atoms with van der Waals surface area (Å²) in [7, 11) is 0. The molecule has 3 nitrogen and oxygen atoms in total. The minimum absolute atomic E-state index is 0.00314. The maximum atomic E-state index is 11.5. The van der Waals surface area contributed by atoms with Gasteiger partial charge in [-0.25, -0.2) is 0 Å². The fourth-order valence-electron chi connectivity index (χ4n) is 1.08. The van der Waals surface area contributed by atoms with E-state index in [1.807, 2.05) is 13.8 Å². The molecule has 17 heavy (non-hydrogen) atoms. The molecule has 94 valence electrons. The number of amides is 1. The SMILES string of the molecule is CC(C)OCC(=O)Nc1c(Cl)cc(Br)cc1Cl. The second-order valence-corrected chi connectivity index (χ2v) is 5.38. The van der Waals surface area contributed by atoms with Crippen LogP contribution in [0.3, 0.4) is 0 Å². The summed E-state index contributed by atoms with van der Waals surface area (Å²) in [5, 5.41) is 3.37. The van der Waals surface area contributed by atoms with Crippen LogP contribution in [0, 0.1) is 0 Å². The highest BCUT2D eigenvalue weighted by molar-refractivity contribution is 9.10. The first kappa shape index (κ1) is 14.8. The Labute approximate surface area is 119 Å². The number of ether oxygens (including phenoxy) is 1. The molecule has 0 aliphatic carbocycles. The molecule has 1 N–H and O–H groups in total. The molecule has 0 atom stereocenters. The predicted octanol–water partition coefficient (Wildman–Crippen LogP) is 4.12. The van der Waals surface area contributed by atoms with Gasteiger partial charge >= 0.3 is 0 Å². The smallest absolute Gasteiger partial charge is 0.250 e. The Morgan fingerprint density at radius 3 is 2.41 bits per heavy atom. The van der Waals surface area contributed by atoms with Gasteiger partial charge in [0, 0.05) is 4.47 Å². The van der Waals surface area contributed by atoms with Gasteiger partial charge in [-0.2, -0.15) is 0 Å². The molecule has 1 amide bonds. The summed E-state index contributed by atoms with van der Waals surface area (Å²) in [6.45, 7) is 3.68. The fourth-order valence-corrected chi connectivity index (χ4v) is 2.38. The molecule has 0 saturated heterocycles. The zero-order valence-corrected chi connectivity index (χ0v) is 12.5. The van der Waals surface area contributed by atoms with Crippen LogP contribution >= 0.6 is 39.1 Å². The van der Waals surface area contributed by atoms with E-state index in [0.717, 1.165) is 4.47 Å². The van der Waals surface area contributed by atoms with Crippen LogP contribution in [0.5, 0.6) is 0 Å². The van der Waals surface area contributed by atoms with E-state index >= 15 is 0 Å². The van der Waals surface area contributed by atoms with Crippen molar-refractivity contribution in [2.75, 3.05) is 11.9 Å². The van der Waals surface area contributed by atoms with Crippen molar-refractivity contribution in [3.8, 4) is 0 Å². The number of nitrogens with one attached hydrogen (secondary N) is 1. The van der Waals surface area contributed by atoms with Crippen molar-refractivity contribution >= 4 is 50.7 Å². The number of hydrogen-bond donors (Lipinski definition) is 1. The van der Waals surface area contributed by atoms with E-state index in [-0.39, 0.29) is 18.6 Å². The van der Waals surface area contributed by atoms with Gasteiger partial charge in [0.25, 0.3) is 0 Å². The van der Waals surface area contributed by atoms with E-state index in [4.69, 9.17) is 27.9 Å². The number of carbonyl (C=O) groups is 1. The third kappa shape index (κ3) is 4.84. The van der Waals surface area contributed by atoms with E-state index in [0.29, 0.717) is 15.7 Å². The van der Waals surface area contributed by atoms with Gasteiger partial charge in [-0.15, -0.1) is 0 Å². The Balaban J connectivity index is 2.72. The van der Waals surface area contributed by atoms with Gasteiger partial charge in [0.2, 0.25) is 5.91 Å². The van der Waals surface area contributed by atoms with Gasteiger partial charge in [-0.3, -0.25) is 4.79 Å². The monoisotopic (exact) mass is 339 g/mol. The summed E-state index contributed by atoms with van der Waals surface area (Å²) in [5.74, 6) is -0.287. The van der Waals surface area contributed by atoms with Crippen LogP contribution < -0.4 is 5.32 Å². The Hall–Kier alpha value is -0.290. The van der Waals surface area contributed by atoms with Crippen LogP contribution in [0.15, 0.2) is 16.6 Å². The fraction of sp³-hybridized carbons (Fsp3) is 0.364. The number of anilines is 1. The quantitative estimate of drug-likeness (QED) is 0.895. The number of rotatable bonds is 4. The molecule has 0 aromatic heterocycles. The van der Waals surface area contributed by atoms with E-state index in [2.05, 4.69) is 21.2 Å². The normalized spacial score (nSPS) is 10.7. The molecule has 0 aliphatic rings. The maximum Gasteiger partial charge on any atom is 0.250 e. The molecule has 0 heterocycles. The highest BCUT2D eigenvalue weighted by Crippen LogP contribution is 2.33. The Morgan fingerprint density at radius 1 is 1.41 bits per heavy atom. The first-order valence-electron chi connectivity index (χ1n) is 4.96. The van der Waals surface area contributed by atoms with Crippen LogP contribution in [-0.2, 0) is 9.53 Å². The molecule has 1 aromatic rings. The lowest BCUT2D eigenvalue weighted by Gasteiger charge is -2.11.